The van der Waals surface area contributed by atoms with Gasteiger partial charge in [0.05, 0.1) is 33.8 Å². The van der Waals surface area contributed by atoms with Crippen LogP contribution in [0.1, 0.15) is 23.7 Å². The summed E-state index contributed by atoms with van der Waals surface area (Å²) in [5.41, 5.74) is 1.12. The zero-order valence-electron chi connectivity index (χ0n) is 15.5. The predicted octanol–water partition coefficient (Wildman–Crippen LogP) is 3.78. The number of hydrogen-bond donors (Lipinski definition) is 0. The molecule has 0 bridgehead atoms. The summed E-state index contributed by atoms with van der Waals surface area (Å²) in [6.45, 7) is 2.55. The molecule has 0 saturated heterocycles. The molecule has 1 aliphatic rings. The fraction of sp³-hybridized carbons (Fsp3) is 0.250. The molecule has 0 fully saturated rings. The number of carbonyl (C=O) groups is 2. The topological polar surface area (TPSA) is 79.1 Å². The summed E-state index contributed by atoms with van der Waals surface area (Å²) in [5, 5.41) is 0.334. The number of thiazole rings is 1. The summed E-state index contributed by atoms with van der Waals surface area (Å²) in [5.74, 6) is 0.486. The van der Waals surface area contributed by atoms with Crippen molar-refractivity contribution in [2.45, 2.75) is 19.9 Å². The van der Waals surface area contributed by atoms with E-state index in [1.807, 2.05) is 16.7 Å². The number of halogens is 1. The molecule has 0 atom stereocenters. The molecule has 7 nitrogen and oxygen atoms in total. The van der Waals surface area contributed by atoms with Crippen molar-refractivity contribution in [1.29, 1.82) is 0 Å². The van der Waals surface area contributed by atoms with E-state index in [1.165, 1.54) is 11.3 Å². The molecule has 1 aromatic heterocycles. The van der Waals surface area contributed by atoms with Gasteiger partial charge >= 0.3 is 5.97 Å². The highest BCUT2D eigenvalue weighted by Gasteiger charge is 2.19. The van der Waals surface area contributed by atoms with Gasteiger partial charge in [0, 0.05) is 18.7 Å². The molecule has 0 aliphatic carbocycles. The van der Waals surface area contributed by atoms with Gasteiger partial charge in [0.2, 0.25) is 6.79 Å². The van der Waals surface area contributed by atoms with E-state index in [2.05, 4.69) is 4.99 Å². The molecule has 2 aromatic carbocycles. The fourth-order valence-electron chi connectivity index (χ4n) is 2.98. The van der Waals surface area contributed by atoms with Gasteiger partial charge in [-0.2, -0.15) is 4.99 Å². The highest BCUT2D eigenvalue weighted by atomic mass is 35.5. The zero-order valence-corrected chi connectivity index (χ0v) is 17.1. The first-order chi connectivity index (χ1) is 14.1. The zero-order chi connectivity index (χ0) is 20.4. The maximum absolute atomic E-state index is 12.7. The third-order valence-corrected chi connectivity index (χ3v) is 5.69. The number of rotatable bonds is 5. The van der Waals surface area contributed by atoms with Crippen LogP contribution in [-0.4, -0.2) is 29.8 Å². The maximum atomic E-state index is 12.7. The smallest absolute Gasteiger partial charge is 0.307 e. The number of ether oxygens (including phenoxy) is 3. The quantitative estimate of drug-likeness (QED) is 0.573. The van der Waals surface area contributed by atoms with E-state index in [0.29, 0.717) is 40.0 Å². The molecule has 0 radical (unpaired) electrons. The van der Waals surface area contributed by atoms with Crippen LogP contribution in [-0.2, 0) is 16.1 Å². The minimum atomic E-state index is -0.452. The molecule has 1 amide bonds. The Balaban J connectivity index is 1.79. The first kappa shape index (κ1) is 19.5. The van der Waals surface area contributed by atoms with Crippen LogP contribution in [0.15, 0.2) is 41.4 Å². The molecule has 9 heteroatoms. The average molecular weight is 433 g/mol. The lowest BCUT2D eigenvalue weighted by atomic mass is 10.2. The van der Waals surface area contributed by atoms with Crippen molar-refractivity contribution in [2.24, 2.45) is 4.99 Å². The van der Waals surface area contributed by atoms with Crippen LogP contribution in [0.4, 0.5) is 0 Å². The van der Waals surface area contributed by atoms with Gasteiger partial charge in [-0.1, -0.05) is 35.1 Å². The number of hydrogen-bond acceptors (Lipinski definition) is 6. The third-order valence-electron chi connectivity index (χ3n) is 4.32. The second kappa shape index (κ2) is 8.26. The van der Waals surface area contributed by atoms with E-state index in [9.17, 15) is 9.59 Å². The Morgan fingerprint density at radius 3 is 2.76 bits per heavy atom. The van der Waals surface area contributed by atoms with Crippen molar-refractivity contribution < 1.29 is 23.8 Å². The fourth-order valence-corrected chi connectivity index (χ4v) is 4.26. The number of esters is 1. The lowest BCUT2D eigenvalue weighted by Crippen LogP contribution is -2.19. The van der Waals surface area contributed by atoms with E-state index < -0.39 is 5.91 Å². The van der Waals surface area contributed by atoms with Crippen LogP contribution in [0.2, 0.25) is 5.02 Å². The molecular formula is C20H17ClN2O5S. The van der Waals surface area contributed by atoms with Crippen molar-refractivity contribution >= 4 is 45.0 Å². The van der Waals surface area contributed by atoms with Crippen LogP contribution in [0, 0.1) is 0 Å². The Labute approximate surface area is 175 Å². The molecule has 0 spiro atoms. The molecule has 4 rings (SSSR count). The predicted molar refractivity (Wildman–Crippen MR) is 109 cm³/mol. The Morgan fingerprint density at radius 1 is 1.24 bits per heavy atom. The van der Waals surface area contributed by atoms with Crippen LogP contribution >= 0.6 is 22.9 Å². The monoisotopic (exact) mass is 432 g/mol. The van der Waals surface area contributed by atoms with Crippen LogP contribution in [0.3, 0.4) is 0 Å². The second-order valence-corrected chi connectivity index (χ2v) is 7.58. The van der Waals surface area contributed by atoms with E-state index in [1.54, 1.807) is 31.2 Å². The molecule has 1 aliphatic heterocycles. The first-order valence-electron chi connectivity index (χ1n) is 8.99. The summed E-state index contributed by atoms with van der Waals surface area (Å²) in [6.07, 6.45) is 0.154. The minimum Gasteiger partial charge on any atom is -0.466 e. The molecule has 29 heavy (non-hydrogen) atoms. The SMILES string of the molecule is CCOC(=O)CCn1c(=NC(=O)c2ccccc2Cl)sc2cc3c(cc21)OCO3. The number of carbonyl (C=O) groups excluding carboxylic acids is 2. The van der Waals surface area contributed by atoms with Gasteiger partial charge in [-0.15, -0.1) is 0 Å². The number of aryl methyl sites for hydroxylation is 1. The number of aromatic nitrogens is 1. The molecular weight excluding hydrogens is 416 g/mol. The van der Waals surface area contributed by atoms with Gasteiger partial charge in [-0.25, -0.2) is 0 Å². The van der Waals surface area contributed by atoms with Crippen molar-refractivity contribution in [3.05, 3.63) is 51.8 Å². The van der Waals surface area contributed by atoms with Crippen molar-refractivity contribution in [2.75, 3.05) is 13.4 Å². The Morgan fingerprint density at radius 2 is 2.00 bits per heavy atom. The molecule has 0 unspecified atom stereocenters. The number of nitrogens with zero attached hydrogens (tertiary/aromatic N) is 2. The summed E-state index contributed by atoms with van der Waals surface area (Å²) in [7, 11) is 0. The molecule has 0 N–H and O–H groups in total. The summed E-state index contributed by atoms with van der Waals surface area (Å²) < 4.78 is 18.6. The second-order valence-electron chi connectivity index (χ2n) is 6.16. The van der Waals surface area contributed by atoms with Crippen molar-refractivity contribution in [3.63, 3.8) is 0 Å². The standard InChI is InChI=1S/C20H17ClN2O5S/c1-2-26-18(24)7-8-23-14-9-15-16(28-11-27-15)10-17(14)29-20(23)22-19(25)12-5-3-4-6-13(12)21/h3-6,9-10H,2,7-8,11H2,1H3. The Hall–Kier alpha value is -2.84. The summed E-state index contributed by atoms with van der Waals surface area (Å²) in [6, 6.07) is 10.4. The third kappa shape index (κ3) is 3.99. The number of benzene rings is 2. The molecule has 150 valence electrons. The highest BCUT2D eigenvalue weighted by Crippen LogP contribution is 2.37. The number of fused-ring (bicyclic) bond motifs is 2. The highest BCUT2D eigenvalue weighted by molar-refractivity contribution is 7.16. The Bertz CT molecular complexity index is 1170. The first-order valence-corrected chi connectivity index (χ1v) is 10.2. The van der Waals surface area contributed by atoms with Crippen LogP contribution in [0.5, 0.6) is 11.5 Å². The van der Waals surface area contributed by atoms with Gasteiger partial charge in [0.1, 0.15) is 0 Å². The summed E-state index contributed by atoms with van der Waals surface area (Å²) in [4.78, 5) is 29.3. The van der Waals surface area contributed by atoms with Gasteiger partial charge in [0.15, 0.2) is 16.3 Å². The van der Waals surface area contributed by atoms with E-state index in [0.717, 1.165) is 10.2 Å². The van der Waals surface area contributed by atoms with E-state index in [-0.39, 0.29) is 19.2 Å². The lowest BCUT2D eigenvalue weighted by Gasteiger charge is -2.06. The van der Waals surface area contributed by atoms with Gasteiger partial charge < -0.3 is 18.8 Å². The van der Waals surface area contributed by atoms with Gasteiger partial charge in [0.25, 0.3) is 5.91 Å². The maximum Gasteiger partial charge on any atom is 0.307 e. The lowest BCUT2D eigenvalue weighted by molar-refractivity contribution is -0.143. The van der Waals surface area contributed by atoms with Crippen molar-refractivity contribution in [1.82, 2.24) is 4.57 Å². The summed E-state index contributed by atoms with van der Waals surface area (Å²) >= 11 is 7.46. The molecule has 0 saturated carbocycles. The Kier molecular flexibility index (Phi) is 5.55. The van der Waals surface area contributed by atoms with E-state index >= 15 is 0 Å². The normalized spacial score (nSPS) is 13.1. The average Bonchev–Trinajstić information content (AvgIpc) is 3.28. The van der Waals surface area contributed by atoms with E-state index in [4.69, 9.17) is 25.8 Å². The number of amides is 1. The molecule has 2 heterocycles. The minimum absolute atomic E-state index is 0.154. The largest absolute Gasteiger partial charge is 0.466 e. The van der Waals surface area contributed by atoms with Gasteiger partial charge in [-0.05, 0) is 19.1 Å². The van der Waals surface area contributed by atoms with Crippen LogP contribution < -0.4 is 14.3 Å². The molecule has 3 aromatic rings. The van der Waals surface area contributed by atoms with Crippen LogP contribution in [0.25, 0.3) is 10.2 Å². The van der Waals surface area contributed by atoms with Crippen molar-refractivity contribution in [3.8, 4) is 11.5 Å². The van der Waals surface area contributed by atoms with Gasteiger partial charge in [-0.3, -0.25) is 9.59 Å².